The summed E-state index contributed by atoms with van der Waals surface area (Å²) in [5.41, 5.74) is 1.63. The van der Waals surface area contributed by atoms with Gasteiger partial charge in [0.2, 0.25) is 0 Å². The van der Waals surface area contributed by atoms with Gasteiger partial charge in [-0.2, -0.15) is 0 Å². The molecule has 0 radical (unpaired) electrons. The van der Waals surface area contributed by atoms with Gasteiger partial charge in [0.05, 0.1) is 5.69 Å². The van der Waals surface area contributed by atoms with Gasteiger partial charge in [-0.1, -0.05) is 50.3 Å². The quantitative estimate of drug-likeness (QED) is 0.625. The zero-order valence-electron chi connectivity index (χ0n) is 16.2. The van der Waals surface area contributed by atoms with E-state index in [9.17, 15) is 8.42 Å². The summed E-state index contributed by atoms with van der Waals surface area (Å²) in [5.74, 6) is 0.831. The van der Waals surface area contributed by atoms with Gasteiger partial charge in [-0.25, -0.2) is 8.42 Å². The smallest absolute Gasteiger partial charge is 0.271 e. The number of aryl methyl sites for hydroxylation is 1. The third kappa shape index (κ3) is 5.80. The first-order valence-corrected chi connectivity index (χ1v) is 12.1. The second-order valence-electron chi connectivity index (χ2n) is 7.65. The molecule has 1 aliphatic rings. The number of hydrogen-bond donors (Lipinski definition) is 2. The first-order valence-electron chi connectivity index (χ1n) is 9.84. The van der Waals surface area contributed by atoms with Crippen LogP contribution in [0.15, 0.2) is 40.6 Å². The first kappa shape index (κ1) is 20.4. The number of thiophene rings is 1. The Morgan fingerprint density at radius 2 is 1.85 bits per heavy atom. The Labute approximate surface area is 167 Å². The van der Waals surface area contributed by atoms with Crippen molar-refractivity contribution >= 4 is 27.0 Å². The Balaban J connectivity index is 1.62. The molecule has 1 heterocycles. The highest BCUT2D eigenvalue weighted by Gasteiger charge is 2.19. The molecule has 6 heteroatoms. The lowest BCUT2D eigenvalue weighted by atomic mass is 9.85. The summed E-state index contributed by atoms with van der Waals surface area (Å²) in [7, 11) is -3.54. The third-order valence-corrected chi connectivity index (χ3v) is 8.15. The number of anilines is 1. The second-order valence-corrected chi connectivity index (χ2v) is 10.8. The predicted molar refractivity (Wildman–Crippen MR) is 114 cm³/mol. The van der Waals surface area contributed by atoms with Crippen LogP contribution in [0.25, 0.3) is 0 Å². The number of benzene rings is 1. The summed E-state index contributed by atoms with van der Waals surface area (Å²) >= 11 is 1.29. The number of nitrogens with one attached hydrogen (secondary N) is 2. The predicted octanol–water partition coefficient (Wildman–Crippen LogP) is 5.31. The van der Waals surface area contributed by atoms with Crippen molar-refractivity contribution < 1.29 is 8.42 Å². The number of para-hydroxylation sites is 1. The highest BCUT2D eigenvalue weighted by atomic mass is 32.2. The van der Waals surface area contributed by atoms with Crippen molar-refractivity contribution in [2.75, 3.05) is 4.72 Å². The molecule has 3 rings (SSSR count). The average Bonchev–Trinajstić information content (AvgIpc) is 3.09. The van der Waals surface area contributed by atoms with Crippen LogP contribution in [0.1, 0.15) is 55.9 Å². The van der Waals surface area contributed by atoms with E-state index in [0.29, 0.717) is 22.5 Å². The van der Waals surface area contributed by atoms with Gasteiger partial charge in [0.25, 0.3) is 10.0 Å². The highest BCUT2D eigenvalue weighted by Crippen LogP contribution is 2.28. The third-order valence-electron chi connectivity index (χ3n) is 5.29. The number of rotatable bonds is 8. The molecule has 2 aromatic rings. The van der Waals surface area contributed by atoms with Crippen LogP contribution in [-0.2, 0) is 16.6 Å². The number of hydrogen-bond acceptors (Lipinski definition) is 4. The molecule has 4 nitrogen and oxygen atoms in total. The molecule has 1 aromatic heterocycles. The van der Waals surface area contributed by atoms with Crippen molar-refractivity contribution in [3.05, 3.63) is 46.8 Å². The molecule has 0 spiro atoms. The summed E-state index contributed by atoms with van der Waals surface area (Å²) in [6, 6.07) is 11.6. The van der Waals surface area contributed by atoms with Crippen molar-refractivity contribution in [1.29, 1.82) is 0 Å². The Morgan fingerprint density at radius 3 is 2.56 bits per heavy atom. The van der Waals surface area contributed by atoms with E-state index in [0.717, 1.165) is 16.4 Å². The molecule has 0 saturated heterocycles. The maximum atomic E-state index is 12.6. The zero-order chi connectivity index (χ0) is 19.3. The standard InChI is InChI=1S/C21H30N2O2S2/c1-16(14-18-8-4-3-5-9-18)22-15-19-10-6-7-11-20(19)23-27(24,25)21-13-12-17(2)26-21/h6-7,10-13,16,18,22-23H,3-5,8-9,14-15H2,1-2H3/t16-/m0/s1. The molecule has 2 N–H and O–H groups in total. The van der Waals surface area contributed by atoms with Crippen LogP contribution in [0.5, 0.6) is 0 Å². The van der Waals surface area contributed by atoms with E-state index in [1.165, 1.54) is 49.9 Å². The largest absolute Gasteiger partial charge is 0.310 e. The van der Waals surface area contributed by atoms with Crippen molar-refractivity contribution in [2.45, 2.75) is 69.2 Å². The van der Waals surface area contributed by atoms with E-state index in [-0.39, 0.29) is 0 Å². The molecular formula is C21H30N2O2S2. The molecule has 0 unspecified atom stereocenters. The van der Waals surface area contributed by atoms with Crippen LogP contribution < -0.4 is 10.0 Å². The van der Waals surface area contributed by atoms with Gasteiger partial charge < -0.3 is 5.32 Å². The van der Waals surface area contributed by atoms with Crippen LogP contribution in [0.3, 0.4) is 0 Å². The van der Waals surface area contributed by atoms with Gasteiger partial charge >= 0.3 is 0 Å². The van der Waals surface area contributed by atoms with Crippen LogP contribution in [-0.4, -0.2) is 14.5 Å². The van der Waals surface area contributed by atoms with Gasteiger partial charge in [-0.15, -0.1) is 11.3 Å². The molecule has 1 fully saturated rings. The Kier molecular flexibility index (Phi) is 6.95. The fraction of sp³-hybridized carbons (Fsp3) is 0.524. The molecule has 0 aliphatic heterocycles. The Morgan fingerprint density at radius 1 is 1.11 bits per heavy atom. The molecule has 1 aromatic carbocycles. The lowest BCUT2D eigenvalue weighted by molar-refractivity contribution is 0.305. The first-order chi connectivity index (χ1) is 12.9. The van der Waals surface area contributed by atoms with Crippen molar-refractivity contribution in [3.8, 4) is 0 Å². The SMILES string of the molecule is Cc1ccc(S(=O)(=O)Nc2ccccc2CN[C@@H](C)CC2CCCCC2)s1. The zero-order valence-corrected chi connectivity index (χ0v) is 17.8. The van der Waals surface area contributed by atoms with Crippen LogP contribution in [0, 0.1) is 12.8 Å². The minimum absolute atomic E-state index is 0.355. The molecule has 1 aliphatic carbocycles. The lowest BCUT2D eigenvalue weighted by Gasteiger charge is -2.25. The van der Waals surface area contributed by atoms with Crippen molar-refractivity contribution in [2.24, 2.45) is 5.92 Å². The average molecular weight is 407 g/mol. The summed E-state index contributed by atoms with van der Waals surface area (Å²) < 4.78 is 28.4. The normalized spacial score (nSPS) is 17.0. The van der Waals surface area contributed by atoms with E-state index in [1.807, 2.05) is 37.3 Å². The fourth-order valence-corrected chi connectivity index (χ4v) is 6.20. The van der Waals surface area contributed by atoms with E-state index in [2.05, 4.69) is 17.0 Å². The van der Waals surface area contributed by atoms with E-state index in [1.54, 1.807) is 6.07 Å². The lowest BCUT2D eigenvalue weighted by Crippen LogP contribution is -2.29. The molecule has 1 atom stereocenters. The minimum Gasteiger partial charge on any atom is -0.310 e. The summed E-state index contributed by atoms with van der Waals surface area (Å²) in [6.07, 6.45) is 8.01. The highest BCUT2D eigenvalue weighted by molar-refractivity contribution is 7.94. The Bertz CT molecular complexity index is 839. The van der Waals surface area contributed by atoms with Gasteiger partial charge in [-0.3, -0.25) is 4.72 Å². The fourth-order valence-electron chi connectivity index (χ4n) is 3.82. The molecule has 0 amide bonds. The van der Waals surface area contributed by atoms with E-state index < -0.39 is 10.0 Å². The maximum absolute atomic E-state index is 12.6. The maximum Gasteiger partial charge on any atom is 0.271 e. The van der Waals surface area contributed by atoms with E-state index in [4.69, 9.17) is 0 Å². The van der Waals surface area contributed by atoms with Gasteiger partial charge in [0.15, 0.2) is 0 Å². The van der Waals surface area contributed by atoms with E-state index >= 15 is 0 Å². The van der Waals surface area contributed by atoms with Crippen LogP contribution in [0.4, 0.5) is 5.69 Å². The van der Waals surface area contributed by atoms with Gasteiger partial charge in [0, 0.05) is 17.5 Å². The summed E-state index contributed by atoms with van der Waals surface area (Å²) in [6.45, 7) is 4.81. The van der Waals surface area contributed by atoms with Crippen LogP contribution >= 0.6 is 11.3 Å². The monoisotopic (exact) mass is 406 g/mol. The minimum atomic E-state index is -3.54. The second kappa shape index (κ2) is 9.22. The number of sulfonamides is 1. The summed E-state index contributed by atoms with van der Waals surface area (Å²) in [4.78, 5) is 0.988. The molecule has 27 heavy (non-hydrogen) atoms. The van der Waals surface area contributed by atoms with Crippen LogP contribution in [0.2, 0.25) is 0 Å². The summed E-state index contributed by atoms with van der Waals surface area (Å²) in [5, 5.41) is 3.58. The molecule has 1 saturated carbocycles. The molecule has 0 bridgehead atoms. The van der Waals surface area contributed by atoms with Gasteiger partial charge in [0.1, 0.15) is 4.21 Å². The Hall–Kier alpha value is -1.37. The van der Waals surface area contributed by atoms with Crippen molar-refractivity contribution in [3.63, 3.8) is 0 Å². The van der Waals surface area contributed by atoms with Gasteiger partial charge in [-0.05, 0) is 49.9 Å². The molecular weight excluding hydrogens is 376 g/mol. The van der Waals surface area contributed by atoms with Crippen molar-refractivity contribution in [1.82, 2.24) is 5.32 Å². The molecule has 148 valence electrons. The topological polar surface area (TPSA) is 58.2 Å².